The summed E-state index contributed by atoms with van der Waals surface area (Å²) >= 11 is 0. The average molecular weight is 372 g/mol. The highest BCUT2D eigenvalue weighted by molar-refractivity contribution is 6.02. The Morgan fingerprint density at radius 2 is 1.61 bits per heavy atom. The second kappa shape index (κ2) is 7.19. The van der Waals surface area contributed by atoms with Crippen LogP contribution in [0.1, 0.15) is 51.0 Å². The van der Waals surface area contributed by atoms with Gasteiger partial charge in [0.25, 0.3) is 5.91 Å². The van der Waals surface area contributed by atoms with E-state index in [4.69, 9.17) is 5.11 Å². The number of aromatic carboxylic acids is 1. The van der Waals surface area contributed by atoms with Crippen molar-refractivity contribution in [2.75, 3.05) is 5.32 Å². The number of anilines is 1. The standard InChI is InChI=1S/C23H20N2O3/c1-15(16-7-3-2-4-8-16)25-21(17-11-13-18(14-12-17)23(27)28)24-20-10-6-5-9-19(20)22(25)26/h2-15,21,24H,1H3,(H,27,28)/t15-,21-/m0/s1. The van der Waals surface area contributed by atoms with Crippen molar-refractivity contribution in [3.8, 4) is 0 Å². The van der Waals surface area contributed by atoms with E-state index in [1.54, 1.807) is 24.3 Å². The fourth-order valence-electron chi connectivity index (χ4n) is 3.61. The lowest BCUT2D eigenvalue weighted by Gasteiger charge is -2.42. The van der Waals surface area contributed by atoms with Gasteiger partial charge in [0.1, 0.15) is 6.17 Å². The topological polar surface area (TPSA) is 69.6 Å². The van der Waals surface area contributed by atoms with E-state index in [9.17, 15) is 9.59 Å². The smallest absolute Gasteiger partial charge is 0.335 e. The third kappa shape index (κ3) is 3.11. The molecule has 0 aliphatic carbocycles. The van der Waals surface area contributed by atoms with Crippen LogP contribution in [0.25, 0.3) is 0 Å². The zero-order valence-electron chi connectivity index (χ0n) is 15.4. The molecule has 1 heterocycles. The Balaban J connectivity index is 1.79. The Kier molecular flexibility index (Phi) is 4.57. The zero-order valence-corrected chi connectivity index (χ0v) is 15.4. The van der Waals surface area contributed by atoms with Crippen molar-refractivity contribution < 1.29 is 14.7 Å². The van der Waals surface area contributed by atoms with Crippen LogP contribution >= 0.6 is 0 Å². The summed E-state index contributed by atoms with van der Waals surface area (Å²) in [5, 5.41) is 12.6. The Morgan fingerprint density at radius 1 is 0.964 bits per heavy atom. The van der Waals surface area contributed by atoms with Gasteiger partial charge in [0.05, 0.1) is 17.2 Å². The van der Waals surface area contributed by atoms with E-state index in [2.05, 4.69) is 5.32 Å². The lowest BCUT2D eigenvalue weighted by atomic mass is 9.98. The molecule has 3 aromatic rings. The maximum absolute atomic E-state index is 13.4. The Hall–Kier alpha value is -3.60. The van der Waals surface area contributed by atoms with Crippen molar-refractivity contribution in [2.45, 2.75) is 19.1 Å². The molecule has 0 radical (unpaired) electrons. The lowest BCUT2D eigenvalue weighted by molar-refractivity contribution is 0.0595. The third-order valence-electron chi connectivity index (χ3n) is 5.13. The van der Waals surface area contributed by atoms with Gasteiger partial charge in [0, 0.05) is 5.69 Å². The fourth-order valence-corrected chi connectivity index (χ4v) is 3.61. The molecule has 0 saturated carbocycles. The molecule has 0 unspecified atom stereocenters. The Morgan fingerprint density at radius 3 is 2.29 bits per heavy atom. The number of carbonyl (C=O) groups is 2. The van der Waals surface area contributed by atoms with E-state index in [0.29, 0.717) is 5.56 Å². The number of nitrogens with zero attached hydrogens (tertiary/aromatic N) is 1. The van der Waals surface area contributed by atoms with Crippen LogP contribution in [0.15, 0.2) is 78.9 Å². The van der Waals surface area contributed by atoms with Gasteiger partial charge in [-0.15, -0.1) is 0 Å². The van der Waals surface area contributed by atoms with Gasteiger partial charge in [-0.25, -0.2) is 4.79 Å². The summed E-state index contributed by atoms with van der Waals surface area (Å²) in [6.45, 7) is 2.00. The van der Waals surface area contributed by atoms with Crippen molar-refractivity contribution >= 4 is 17.6 Å². The molecule has 0 bridgehead atoms. The van der Waals surface area contributed by atoms with E-state index in [1.807, 2.05) is 66.4 Å². The molecule has 3 aromatic carbocycles. The molecule has 1 aliphatic rings. The molecule has 2 atom stereocenters. The van der Waals surface area contributed by atoms with Crippen molar-refractivity contribution in [3.05, 3.63) is 101 Å². The summed E-state index contributed by atoms with van der Waals surface area (Å²) in [5.41, 5.74) is 3.48. The number of carboxylic acid groups (broad SMARTS) is 1. The first kappa shape index (κ1) is 17.8. The van der Waals surface area contributed by atoms with Gasteiger partial charge in [-0.3, -0.25) is 4.79 Å². The minimum absolute atomic E-state index is 0.0574. The first-order valence-corrected chi connectivity index (χ1v) is 9.12. The number of nitrogens with one attached hydrogen (secondary N) is 1. The molecule has 5 heteroatoms. The molecule has 0 saturated heterocycles. The first-order chi connectivity index (χ1) is 13.6. The SMILES string of the molecule is C[C@@H](c1ccccc1)N1C(=O)c2ccccc2N[C@@H]1c1ccc(C(=O)O)cc1. The van der Waals surface area contributed by atoms with Gasteiger partial charge in [0.2, 0.25) is 0 Å². The number of hydrogen-bond donors (Lipinski definition) is 2. The first-order valence-electron chi connectivity index (χ1n) is 9.12. The zero-order chi connectivity index (χ0) is 19.7. The second-order valence-electron chi connectivity index (χ2n) is 6.82. The van der Waals surface area contributed by atoms with Crippen LogP contribution in [0.3, 0.4) is 0 Å². The fraction of sp³-hybridized carbons (Fsp3) is 0.130. The Labute approximate surface area is 163 Å². The summed E-state index contributed by atoms with van der Waals surface area (Å²) < 4.78 is 0. The van der Waals surface area contributed by atoms with Gasteiger partial charge in [-0.2, -0.15) is 0 Å². The normalized spacial score (nSPS) is 16.8. The predicted octanol–water partition coefficient (Wildman–Crippen LogP) is 4.71. The minimum Gasteiger partial charge on any atom is -0.478 e. The van der Waals surface area contributed by atoms with Crippen LogP contribution in [-0.2, 0) is 0 Å². The number of benzene rings is 3. The average Bonchev–Trinajstić information content (AvgIpc) is 2.74. The van der Waals surface area contributed by atoms with Crippen LogP contribution in [0.5, 0.6) is 0 Å². The number of para-hydroxylation sites is 1. The summed E-state index contributed by atoms with van der Waals surface area (Å²) in [6.07, 6.45) is -0.402. The van der Waals surface area contributed by atoms with E-state index in [-0.39, 0.29) is 17.5 Å². The molecule has 28 heavy (non-hydrogen) atoms. The van der Waals surface area contributed by atoms with Crippen LogP contribution < -0.4 is 5.32 Å². The monoisotopic (exact) mass is 372 g/mol. The molecule has 0 spiro atoms. The summed E-state index contributed by atoms with van der Waals surface area (Å²) in [4.78, 5) is 26.4. The van der Waals surface area contributed by atoms with Gasteiger partial charge < -0.3 is 15.3 Å². The van der Waals surface area contributed by atoms with Gasteiger partial charge in [0.15, 0.2) is 0 Å². The number of carboxylic acids is 1. The number of carbonyl (C=O) groups excluding carboxylic acids is 1. The van der Waals surface area contributed by atoms with E-state index >= 15 is 0 Å². The molecule has 4 rings (SSSR count). The number of fused-ring (bicyclic) bond motifs is 1. The highest BCUT2D eigenvalue weighted by Crippen LogP contribution is 2.38. The molecule has 2 N–H and O–H groups in total. The summed E-state index contributed by atoms with van der Waals surface area (Å²) in [7, 11) is 0. The molecule has 1 amide bonds. The van der Waals surface area contributed by atoms with Crippen LogP contribution in [-0.4, -0.2) is 21.9 Å². The maximum atomic E-state index is 13.4. The van der Waals surface area contributed by atoms with Crippen molar-refractivity contribution in [2.24, 2.45) is 0 Å². The van der Waals surface area contributed by atoms with Crippen molar-refractivity contribution in [1.29, 1.82) is 0 Å². The quantitative estimate of drug-likeness (QED) is 0.696. The minimum atomic E-state index is -0.973. The van der Waals surface area contributed by atoms with Crippen molar-refractivity contribution in [3.63, 3.8) is 0 Å². The van der Waals surface area contributed by atoms with Gasteiger partial charge in [-0.05, 0) is 42.3 Å². The van der Waals surface area contributed by atoms with E-state index < -0.39 is 12.1 Å². The number of rotatable bonds is 4. The summed E-state index contributed by atoms with van der Waals surface area (Å²) in [5.74, 6) is -1.03. The molecule has 1 aliphatic heterocycles. The number of amides is 1. The molecule has 0 fully saturated rings. The molecule has 0 aromatic heterocycles. The highest BCUT2D eigenvalue weighted by atomic mass is 16.4. The van der Waals surface area contributed by atoms with Crippen LogP contribution in [0.2, 0.25) is 0 Å². The molecule has 140 valence electrons. The largest absolute Gasteiger partial charge is 0.478 e. The highest BCUT2D eigenvalue weighted by Gasteiger charge is 2.36. The van der Waals surface area contributed by atoms with Gasteiger partial charge in [-0.1, -0.05) is 54.6 Å². The van der Waals surface area contributed by atoms with E-state index in [1.165, 1.54) is 0 Å². The molecular formula is C23H20N2O3. The Bertz CT molecular complexity index is 1020. The predicted molar refractivity (Wildman–Crippen MR) is 107 cm³/mol. The molecular weight excluding hydrogens is 352 g/mol. The summed E-state index contributed by atoms with van der Waals surface area (Å²) in [6, 6.07) is 23.8. The van der Waals surface area contributed by atoms with Crippen molar-refractivity contribution in [1.82, 2.24) is 4.90 Å². The van der Waals surface area contributed by atoms with Crippen LogP contribution in [0.4, 0.5) is 5.69 Å². The second-order valence-corrected chi connectivity index (χ2v) is 6.82. The lowest BCUT2D eigenvalue weighted by Crippen LogP contribution is -2.44. The number of hydrogen-bond acceptors (Lipinski definition) is 3. The third-order valence-corrected chi connectivity index (χ3v) is 5.13. The van der Waals surface area contributed by atoms with Gasteiger partial charge >= 0.3 is 5.97 Å². The van der Waals surface area contributed by atoms with E-state index in [0.717, 1.165) is 16.8 Å². The van der Waals surface area contributed by atoms with Crippen LogP contribution in [0, 0.1) is 0 Å². The molecule has 5 nitrogen and oxygen atoms in total. The maximum Gasteiger partial charge on any atom is 0.335 e.